The first-order chi connectivity index (χ1) is 17.7. The molecule has 8 nitrogen and oxygen atoms in total. The van der Waals surface area contributed by atoms with Crippen molar-refractivity contribution in [2.24, 2.45) is 0 Å². The minimum Gasteiger partial charge on any atom is -0.444 e. The zero-order valence-corrected chi connectivity index (χ0v) is 21.5. The van der Waals surface area contributed by atoms with Crippen LogP contribution in [-0.2, 0) is 29.0 Å². The van der Waals surface area contributed by atoms with Crippen molar-refractivity contribution < 1.29 is 24.2 Å². The van der Waals surface area contributed by atoms with E-state index in [-0.39, 0.29) is 19.7 Å². The van der Waals surface area contributed by atoms with Gasteiger partial charge in [0.15, 0.2) is 0 Å². The van der Waals surface area contributed by atoms with Crippen LogP contribution in [0.3, 0.4) is 0 Å². The number of amides is 2. The number of aromatic nitrogens is 1. The zero-order valence-electron chi connectivity index (χ0n) is 21.5. The van der Waals surface area contributed by atoms with Crippen molar-refractivity contribution in [2.75, 3.05) is 6.54 Å². The fourth-order valence-corrected chi connectivity index (χ4v) is 3.68. The molecule has 1 heterocycles. The molecule has 3 aromatic rings. The van der Waals surface area contributed by atoms with E-state index in [1.54, 1.807) is 39.1 Å². The molecule has 37 heavy (non-hydrogen) atoms. The summed E-state index contributed by atoms with van der Waals surface area (Å²) in [5.74, 6) is 0. The summed E-state index contributed by atoms with van der Waals surface area (Å²) in [7, 11) is 0. The van der Waals surface area contributed by atoms with Crippen LogP contribution in [0.4, 0.5) is 9.59 Å². The molecular weight excluding hydrogens is 470 g/mol. The van der Waals surface area contributed by atoms with Crippen LogP contribution in [-0.4, -0.2) is 51.5 Å². The third-order valence-electron chi connectivity index (χ3n) is 5.42. The van der Waals surface area contributed by atoms with Crippen LogP contribution in [0.2, 0.25) is 0 Å². The summed E-state index contributed by atoms with van der Waals surface area (Å²) in [6.45, 7) is 5.48. The van der Waals surface area contributed by atoms with Crippen molar-refractivity contribution in [3.05, 3.63) is 102 Å². The zero-order chi connectivity index (χ0) is 26.7. The van der Waals surface area contributed by atoms with E-state index in [9.17, 15) is 14.7 Å². The molecule has 0 aliphatic carbocycles. The Morgan fingerprint density at radius 2 is 1.57 bits per heavy atom. The van der Waals surface area contributed by atoms with E-state index in [0.717, 1.165) is 11.1 Å². The molecule has 0 radical (unpaired) electrons. The van der Waals surface area contributed by atoms with Gasteiger partial charge in [0, 0.05) is 12.7 Å². The maximum Gasteiger partial charge on any atom is 0.410 e. The predicted molar refractivity (Wildman–Crippen MR) is 141 cm³/mol. The lowest BCUT2D eigenvalue weighted by Crippen LogP contribution is -2.51. The van der Waals surface area contributed by atoms with E-state index in [1.807, 2.05) is 66.7 Å². The number of hydrogen-bond donors (Lipinski definition) is 2. The molecule has 3 rings (SSSR count). The fraction of sp³-hybridized carbons (Fsp3) is 0.345. The van der Waals surface area contributed by atoms with Gasteiger partial charge in [-0.3, -0.25) is 4.98 Å². The highest BCUT2D eigenvalue weighted by molar-refractivity contribution is 5.69. The third-order valence-corrected chi connectivity index (χ3v) is 5.42. The van der Waals surface area contributed by atoms with Gasteiger partial charge < -0.3 is 24.8 Å². The van der Waals surface area contributed by atoms with E-state index < -0.39 is 29.9 Å². The van der Waals surface area contributed by atoms with Crippen LogP contribution in [0.15, 0.2) is 85.1 Å². The Kier molecular flexibility index (Phi) is 10.0. The smallest absolute Gasteiger partial charge is 0.410 e. The second-order valence-electron chi connectivity index (χ2n) is 9.75. The van der Waals surface area contributed by atoms with Gasteiger partial charge in [-0.2, -0.15) is 0 Å². The summed E-state index contributed by atoms with van der Waals surface area (Å²) < 4.78 is 10.9. The molecule has 2 aromatic carbocycles. The number of nitrogens with zero attached hydrogens (tertiary/aromatic N) is 2. The van der Waals surface area contributed by atoms with Crippen LogP contribution in [0.5, 0.6) is 0 Å². The molecule has 8 heteroatoms. The Bertz CT molecular complexity index is 1100. The van der Waals surface area contributed by atoms with Gasteiger partial charge in [-0.25, -0.2) is 9.59 Å². The summed E-state index contributed by atoms with van der Waals surface area (Å²) in [6.07, 6.45) is -0.350. The number of ether oxygens (including phenoxy) is 2. The highest BCUT2D eigenvalue weighted by Crippen LogP contribution is 2.14. The number of rotatable bonds is 10. The second kappa shape index (κ2) is 13.4. The first-order valence-corrected chi connectivity index (χ1v) is 12.3. The van der Waals surface area contributed by atoms with Gasteiger partial charge in [0.25, 0.3) is 0 Å². The molecule has 1 aromatic heterocycles. The van der Waals surface area contributed by atoms with Crippen molar-refractivity contribution >= 4 is 12.2 Å². The normalized spacial score (nSPS) is 12.8. The topological polar surface area (TPSA) is 101 Å². The highest BCUT2D eigenvalue weighted by Gasteiger charge is 2.29. The van der Waals surface area contributed by atoms with Gasteiger partial charge >= 0.3 is 12.2 Å². The fourth-order valence-electron chi connectivity index (χ4n) is 3.68. The van der Waals surface area contributed by atoms with Gasteiger partial charge in [-0.05, 0) is 50.5 Å². The summed E-state index contributed by atoms with van der Waals surface area (Å²) in [4.78, 5) is 31.3. The molecule has 0 unspecified atom stereocenters. The van der Waals surface area contributed by atoms with Crippen molar-refractivity contribution in [2.45, 2.75) is 58.1 Å². The molecule has 0 aliphatic rings. The molecule has 0 saturated heterocycles. The van der Waals surface area contributed by atoms with Crippen molar-refractivity contribution in [1.82, 2.24) is 15.2 Å². The number of aliphatic hydroxyl groups excluding tert-OH is 1. The van der Waals surface area contributed by atoms with Crippen molar-refractivity contribution in [3.63, 3.8) is 0 Å². The summed E-state index contributed by atoms with van der Waals surface area (Å²) in [5, 5.41) is 14.1. The number of carbonyl (C=O) groups is 2. The second-order valence-corrected chi connectivity index (χ2v) is 9.75. The van der Waals surface area contributed by atoms with E-state index in [4.69, 9.17) is 9.47 Å². The van der Waals surface area contributed by atoms with Gasteiger partial charge in [-0.15, -0.1) is 0 Å². The molecule has 0 spiro atoms. The molecule has 2 N–H and O–H groups in total. The van der Waals surface area contributed by atoms with Crippen molar-refractivity contribution in [1.29, 1.82) is 0 Å². The summed E-state index contributed by atoms with van der Waals surface area (Å²) in [5.41, 5.74) is 1.73. The van der Waals surface area contributed by atoms with Gasteiger partial charge in [0.05, 0.1) is 24.4 Å². The SMILES string of the molecule is CC(C)(C)OC(=O)N[C@@H](Cc1ccccc1)[C@H](O)CN(Cc1ccccc1)C(=O)OCc1ccccn1. The first-order valence-electron chi connectivity index (χ1n) is 12.3. The Labute approximate surface area is 218 Å². The monoisotopic (exact) mass is 505 g/mol. The quantitative estimate of drug-likeness (QED) is 0.414. The summed E-state index contributed by atoms with van der Waals surface area (Å²) in [6, 6.07) is 23.6. The van der Waals surface area contributed by atoms with Crippen LogP contribution in [0.1, 0.15) is 37.6 Å². The van der Waals surface area contributed by atoms with Crippen LogP contribution in [0.25, 0.3) is 0 Å². The predicted octanol–water partition coefficient (Wildman–Crippen LogP) is 4.72. The molecule has 0 saturated carbocycles. The maximum atomic E-state index is 13.1. The Morgan fingerprint density at radius 1 is 0.946 bits per heavy atom. The average molecular weight is 506 g/mol. The third kappa shape index (κ3) is 9.93. The van der Waals surface area contributed by atoms with Gasteiger partial charge in [-0.1, -0.05) is 66.7 Å². The van der Waals surface area contributed by atoms with Crippen LogP contribution < -0.4 is 5.32 Å². The lowest BCUT2D eigenvalue weighted by molar-refractivity contribution is 0.0326. The number of benzene rings is 2. The van der Waals surface area contributed by atoms with E-state index >= 15 is 0 Å². The molecule has 0 fully saturated rings. The van der Waals surface area contributed by atoms with E-state index in [2.05, 4.69) is 10.3 Å². The lowest BCUT2D eigenvalue weighted by Gasteiger charge is -2.30. The number of aliphatic hydroxyl groups is 1. The number of alkyl carbamates (subject to hydrolysis) is 1. The Balaban J connectivity index is 1.76. The molecule has 0 bridgehead atoms. The number of pyridine rings is 1. The Hall–Kier alpha value is -3.91. The molecule has 2 amide bonds. The van der Waals surface area contributed by atoms with Crippen LogP contribution in [0, 0.1) is 0 Å². The summed E-state index contributed by atoms with van der Waals surface area (Å²) >= 11 is 0. The Morgan fingerprint density at radius 3 is 2.16 bits per heavy atom. The van der Waals surface area contributed by atoms with Gasteiger partial charge in [0.1, 0.15) is 12.2 Å². The number of hydrogen-bond acceptors (Lipinski definition) is 6. The largest absolute Gasteiger partial charge is 0.444 e. The number of nitrogens with one attached hydrogen (secondary N) is 1. The lowest BCUT2D eigenvalue weighted by atomic mass is 10.0. The molecule has 2 atom stereocenters. The maximum absolute atomic E-state index is 13.1. The van der Waals surface area contributed by atoms with Crippen molar-refractivity contribution in [3.8, 4) is 0 Å². The van der Waals surface area contributed by atoms with E-state index in [0.29, 0.717) is 12.1 Å². The highest BCUT2D eigenvalue weighted by atomic mass is 16.6. The number of carbonyl (C=O) groups excluding carboxylic acids is 2. The van der Waals surface area contributed by atoms with Crippen LogP contribution >= 0.6 is 0 Å². The minimum atomic E-state index is -1.10. The molecule has 0 aliphatic heterocycles. The minimum absolute atomic E-state index is 0.00462. The molecule has 196 valence electrons. The first kappa shape index (κ1) is 27.7. The molecular formula is C29H35N3O5. The van der Waals surface area contributed by atoms with Gasteiger partial charge in [0.2, 0.25) is 0 Å². The standard InChI is InChI=1S/C29H35N3O5/c1-29(2,3)37-27(34)31-25(18-22-12-6-4-7-13-22)26(33)20-32(19-23-14-8-5-9-15-23)28(35)36-21-24-16-10-11-17-30-24/h4-17,25-26,33H,18-21H2,1-3H3,(H,31,34)/t25-,26+/m0/s1. The average Bonchev–Trinajstić information content (AvgIpc) is 2.87. The van der Waals surface area contributed by atoms with E-state index in [1.165, 1.54) is 4.90 Å².